The van der Waals surface area contributed by atoms with Gasteiger partial charge < -0.3 is 54.8 Å². The number of carbonyl (C=O) groups excluding carboxylic acids is 3. The SMILES string of the molecule is CCCCCCCC/C=C\CCCCCCCC(=O)O[C@@H]1COC(=O)CCC/C=C\C[C@H]2C(=O)C[C@@H](O)[C@H](/C=C/[C@@H](O)CCCCC)[C@@H](O)[C@@H](OP(=O)(O)O)[C@@H](OP(=O)(O)OC1)[C@H](O)[C@@H](O)[C@@H]2O. The molecule has 1 saturated carbocycles. The Hall–Kier alpha value is -2.19. The number of rotatable bonds is 24. The molecule has 1 aliphatic heterocycles. The Labute approximate surface area is 402 Å². The Morgan fingerprint density at radius 3 is 2.10 bits per heavy atom. The van der Waals surface area contributed by atoms with Crippen LogP contribution in [0, 0.1) is 11.8 Å². The van der Waals surface area contributed by atoms with E-state index in [2.05, 4.69) is 19.1 Å². The minimum absolute atomic E-state index is 0.0449. The average molecular weight is 1010 g/mol. The third kappa shape index (κ3) is 25.8. The number of ether oxygens (including phenoxy) is 2. The van der Waals surface area contributed by atoms with Crippen LogP contribution < -0.4 is 0 Å². The van der Waals surface area contributed by atoms with Crippen LogP contribution in [0.3, 0.4) is 0 Å². The smallest absolute Gasteiger partial charge is 0.462 e. The molecule has 394 valence electrons. The number of ketones is 1. The minimum Gasteiger partial charge on any atom is -0.462 e. The summed E-state index contributed by atoms with van der Waals surface area (Å²) in [6, 6.07) is 0. The fourth-order valence-electron chi connectivity index (χ4n) is 8.07. The predicted octanol–water partition coefficient (Wildman–Crippen LogP) is 6.10. The average Bonchev–Trinajstić information content (AvgIpc) is 3.28. The van der Waals surface area contributed by atoms with Crippen molar-refractivity contribution in [3.05, 3.63) is 36.5 Å². The number of hydrogen-bond acceptors (Lipinski definition) is 16. The molecule has 68 heavy (non-hydrogen) atoms. The fraction of sp³-hybridized carbons (Fsp3) is 0.809. The Kier molecular flexibility index (Phi) is 31.2. The minimum atomic E-state index is -5.79. The molecule has 0 aromatic rings. The molecule has 1 heterocycles. The molecule has 1 fully saturated rings. The summed E-state index contributed by atoms with van der Waals surface area (Å²) in [4.78, 5) is 70.4. The number of cyclic esters (lactones) is 1. The van der Waals surface area contributed by atoms with Crippen molar-refractivity contribution < 1.29 is 91.9 Å². The van der Waals surface area contributed by atoms with Crippen molar-refractivity contribution in [1.29, 1.82) is 0 Å². The Morgan fingerprint density at radius 2 is 1.46 bits per heavy atom. The van der Waals surface area contributed by atoms with E-state index < -0.39 is 120 Å². The van der Waals surface area contributed by atoms with Crippen LogP contribution in [0.2, 0.25) is 0 Å². The highest BCUT2D eigenvalue weighted by Crippen LogP contribution is 2.49. The lowest BCUT2D eigenvalue weighted by atomic mass is 9.84. The van der Waals surface area contributed by atoms with E-state index in [1.807, 2.05) is 6.92 Å². The molecule has 0 saturated heterocycles. The van der Waals surface area contributed by atoms with Crippen molar-refractivity contribution in [2.24, 2.45) is 11.8 Å². The zero-order valence-electron chi connectivity index (χ0n) is 40.0. The summed E-state index contributed by atoms with van der Waals surface area (Å²) in [6.45, 7) is 2.53. The second kappa shape index (κ2) is 34.2. The monoisotopic (exact) mass is 1010 g/mol. The summed E-state index contributed by atoms with van der Waals surface area (Å²) in [6.07, 6.45) is 5.17. The van der Waals surface area contributed by atoms with E-state index in [1.165, 1.54) is 44.6 Å². The Balaban J connectivity index is 2.35. The van der Waals surface area contributed by atoms with E-state index in [4.69, 9.17) is 23.0 Å². The summed E-state index contributed by atoms with van der Waals surface area (Å²) >= 11 is 0. The van der Waals surface area contributed by atoms with Gasteiger partial charge in [0.25, 0.3) is 0 Å². The van der Waals surface area contributed by atoms with Crippen LogP contribution in [0.25, 0.3) is 0 Å². The van der Waals surface area contributed by atoms with E-state index in [0.29, 0.717) is 12.8 Å². The predicted molar refractivity (Wildman–Crippen MR) is 251 cm³/mol. The van der Waals surface area contributed by atoms with Gasteiger partial charge in [-0.25, -0.2) is 9.13 Å². The normalized spacial score (nSPS) is 30.9. The van der Waals surface area contributed by atoms with E-state index in [1.54, 1.807) is 6.08 Å². The summed E-state index contributed by atoms with van der Waals surface area (Å²) in [7, 11) is -11.5. The number of unbranched alkanes of at least 4 members (excludes halogenated alkanes) is 13. The van der Waals surface area contributed by atoms with Gasteiger partial charge in [0, 0.05) is 31.1 Å². The molecule has 21 heteroatoms. The number of carbonyl (C=O) groups is 3. The molecule has 9 N–H and O–H groups in total. The maximum atomic E-state index is 13.7. The van der Waals surface area contributed by atoms with Gasteiger partial charge in [-0.15, -0.1) is 0 Å². The van der Waals surface area contributed by atoms with Crippen molar-refractivity contribution in [2.45, 2.75) is 216 Å². The Morgan fingerprint density at radius 1 is 0.838 bits per heavy atom. The highest BCUT2D eigenvalue weighted by molar-refractivity contribution is 7.47. The quantitative estimate of drug-likeness (QED) is 0.0228. The van der Waals surface area contributed by atoms with Gasteiger partial charge in [0.2, 0.25) is 0 Å². The molecule has 0 aromatic heterocycles. The van der Waals surface area contributed by atoms with Crippen LogP contribution >= 0.6 is 15.6 Å². The zero-order chi connectivity index (χ0) is 50.5. The zero-order valence-corrected chi connectivity index (χ0v) is 41.8. The second-order valence-corrected chi connectivity index (χ2v) is 20.6. The first-order valence-corrected chi connectivity index (χ1v) is 27.7. The van der Waals surface area contributed by atoms with Crippen molar-refractivity contribution >= 4 is 33.4 Å². The van der Waals surface area contributed by atoms with Crippen LogP contribution in [0.15, 0.2) is 36.5 Å². The molecule has 2 bridgehead atoms. The molecule has 2 rings (SSSR count). The molecule has 0 amide bonds. The van der Waals surface area contributed by atoms with E-state index in [9.17, 15) is 68.8 Å². The molecule has 1 aliphatic carbocycles. The van der Waals surface area contributed by atoms with Gasteiger partial charge in [0.1, 0.15) is 36.8 Å². The second-order valence-electron chi connectivity index (χ2n) is 18.0. The number of Topliss-reactive ketones (excluding diaryl/α,β-unsaturated/α-hetero) is 1. The number of aliphatic hydroxyl groups is 6. The number of phosphoric ester groups is 2. The standard InChI is InChI=1S/C47H82O19P2/c1-3-5-7-8-9-10-11-12-13-14-15-16-17-18-24-28-41(52)64-35-32-62-40(51)27-23-20-19-22-26-36-38(49)31-39(50)37(30-29-34(48)25-21-6-4-2)43(54)46(65-67(57,58)59)47(45(56)44(55)42(36)53)66-68(60,61)63-33-35/h12-13,19,22,29-30,34-37,39,42-48,50,53-56H,3-11,14-18,20-21,23-28,31-33H2,1-2H3,(H,60,61)(H2,57,58,59)/b13-12-,22-19-,30-29+/t34-,35+,36-,37-,39+,42+,43+,44-,45+,46+,47-/m0/s1. The van der Waals surface area contributed by atoms with E-state index >= 15 is 0 Å². The molecule has 19 nitrogen and oxygen atoms in total. The van der Waals surface area contributed by atoms with Crippen molar-refractivity contribution in [2.75, 3.05) is 13.2 Å². The van der Waals surface area contributed by atoms with Crippen LogP contribution in [0.4, 0.5) is 0 Å². The summed E-state index contributed by atoms with van der Waals surface area (Å²) in [5.41, 5.74) is 0. The third-order valence-electron chi connectivity index (χ3n) is 12.0. The van der Waals surface area contributed by atoms with Gasteiger partial charge in [-0.2, -0.15) is 0 Å². The molecular formula is C47H82O19P2. The molecule has 0 radical (unpaired) electrons. The van der Waals surface area contributed by atoms with Gasteiger partial charge in [0.05, 0.1) is 31.0 Å². The van der Waals surface area contributed by atoms with Crippen LogP contribution in [0.1, 0.15) is 162 Å². The maximum absolute atomic E-state index is 13.7. The highest BCUT2D eigenvalue weighted by Gasteiger charge is 2.51. The molecule has 0 aromatic carbocycles. The van der Waals surface area contributed by atoms with Crippen molar-refractivity contribution in [3.8, 4) is 0 Å². The van der Waals surface area contributed by atoms with E-state index in [0.717, 1.165) is 63.5 Å². The molecule has 12 atom stereocenters. The Bertz CT molecular complexity index is 1620. The summed E-state index contributed by atoms with van der Waals surface area (Å²) in [5.74, 6) is -5.69. The van der Waals surface area contributed by atoms with Gasteiger partial charge in [0.15, 0.2) is 6.10 Å². The number of phosphoric acid groups is 2. The molecule has 2 aliphatic rings. The number of allylic oxidation sites excluding steroid dienone is 4. The molecule has 0 spiro atoms. The van der Waals surface area contributed by atoms with Crippen molar-refractivity contribution in [1.82, 2.24) is 0 Å². The number of aliphatic hydroxyl groups excluding tert-OH is 6. The van der Waals surface area contributed by atoms with Crippen LogP contribution in [-0.2, 0) is 46.6 Å². The van der Waals surface area contributed by atoms with Gasteiger partial charge in [-0.3, -0.25) is 28.0 Å². The number of esters is 2. The first-order valence-electron chi connectivity index (χ1n) is 24.6. The first kappa shape index (κ1) is 61.9. The lowest BCUT2D eigenvalue weighted by Gasteiger charge is -2.38. The summed E-state index contributed by atoms with van der Waals surface area (Å²) < 4.78 is 52.1. The lowest BCUT2D eigenvalue weighted by Crippen LogP contribution is -2.56. The van der Waals surface area contributed by atoms with Gasteiger partial charge >= 0.3 is 27.6 Å². The summed E-state index contributed by atoms with van der Waals surface area (Å²) in [5, 5.41) is 68.2. The topological polar surface area (TPSA) is 314 Å². The molecule has 1 unspecified atom stereocenters. The van der Waals surface area contributed by atoms with Crippen LogP contribution in [0.5, 0.6) is 0 Å². The first-order chi connectivity index (χ1) is 32.3. The lowest BCUT2D eigenvalue weighted by molar-refractivity contribution is -0.164. The van der Waals surface area contributed by atoms with Gasteiger partial charge in [-0.05, 0) is 57.8 Å². The number of hydrogen-bond donors (Lipinski definition) is 9. The third-order valence-corrected chi connectivity index (χ3v) is 13.6. The van der Waals surface area contributed by atoms with Crippen molar-refractivity contribution in [3.63, 3.8) is 0 Å². The van der Waals surface area contributed by atoms with Crippen LogP contribution in [-0.4, -0.2) is 131 Å². The largest absolute Gasteiger partial charge is 0.472 e. The number of fused-ring (bicyclic) bond motifs is 4. The fourth-order valence-corrected chi connectivity index (χ4v) is 9.60. The maximum Gasteiger partial charge on any atom is 0.472 e. The molecular weight excluding hydrogens is 930 g/mol. The highest BCUT2D eigenvalue weighted by atomic mass is 31.2. The van der Waals surface area contributed by atoms with Gasteiger partial charge in [-0.1, -0.05) is 121 Å². The van der Waals surface area contributed by atoms with E-state index in [-0.39, 0.29) is 38.5 Å².